The molecule has 0 saturated carbocycles. The molecule has 2 rings (SSSR count). The molecule has 2 aromatic heterocycles. The Balaban J connectivity index is 1.93. The lowest BCUT2D eigenvalue weighted by molar-refractivity contribution is 0.554. The first-order chi connectivity index (χ1) is 9.12. The third-order valence-corrected chi connectivity index (χ3v) is 5.50. The summed E-state index contributed by atoms with van der Waals surface area (Å²) in [6.07, 6.45) is 3.92. The lowest BCUT2D eigenvalue weighted by Crippen LogP contribution is -2.27. The number of thiophene rings is 1. The van der Waals surface area contributed by atoms with E-state index in [1.807, 2.05) is 0 Å². The molecule has 0 aliphatic carbocycles. The van der Waals surface area contributed by atoms with Crippen LogP contribution in [-0.2, 0) is 23.0 Å². The minimum absolute atomic E-state index is 0.274. The molecular weight excluding hydrogens is 286 g/mol. The number of rotatable bonds is 7. The zero-order chi connectivity index (χ0) is 13.7. The van der Waals surface area contributed by atoms with Gasteiger partial charge in [0.2, 0.25) is 10.0 Å². The summed E-state index contributed by atoms with van der Waals surface area (Å²) in [6.45, 7) is 1.23. The van der Waals surface area contributed by atoms with Crippen LogP contribution in [-0.4, -0.2) is 36.5 Å². The Hall–Kier alpha value is -1.29. The van der Waals surface area contributed by atoms with Crippen LogP contribution in [0.4, 0.5) is 0 Å². The van der Waals surface area contributed by atoms with Crippen molar-refractivity contribution in [1.82, 2.24) is 19.7 Å². The van der Waals surface area contributed by atoms with Crippen molar-refractivity contribution in [3.63, 3.8) is 0 Å². The number of nitrogens with two attached hydrogens (primary N) is 1. The zero-order valence-corrected chi connectivity index (χ0v) is 11.8. The number of nitrogens with zero attached hydrogens (tertiary/aromatic N) is 3. The van der Waals surface area contributed by atoms with Gasteiger partial charge in [-0.15, -0.1) is 16.4 Å². The molecule has 9 heteroatoms. The smallest absolute Gasteiger partial charge is 0.250 e. The van der Waals surface area contributed by atoms with Gasteiger partial charge >= 0.3 is 0 Å². The van der Waals surface area contributed by atoms with Crippen molar-refractivity contribution < 1.29 is 8.42 Å². The van der Waals surface area contributed by atoms with Crippen LogP contribution in [0.5, 0.6) is 0 Å². The highest BCUT2D eigenvalue weighted by Crippen LogP contribution is 2.21. The first kappa shape index (κ1) is 14.1. The number of nitrogens with one attached hydrogen (secondary N) is 1. The maximum absolute atomic E-state index is 12.0. The average Bonchev–Trinajstić information content (AvgIpc) is 3.00. The molecule has 2 aromatic rings. The summed E-state index contributed by atoms with van der Waals surface area (Å²) in [5.74, 6) is 0. The fraction of sp³-hybridized carbons (Fsp3) is 0.400. The van der Waals surface area contributed by atoms with Crippen molar-refractivity contribution in [2.24, 2.45) is 5.73 Å². The monoisotopic (exact) mass is 301 g/mol. The van der Waals surface area contributed by atoms with Gasteiger partial charge in [-0.05, 0) is 25.1 Å². The van der Waals surface area contributed by atoms with E-state index in [2.05, 4.69) is 15.0 Å². The molecule has 104 valence electrons. The molecule has 0 amide bonds. The number of aromatic nitrogens is 3. The first-order valence-corrected chi connectivity index (χ1v) is 8.04. The van der Waals surface area contributed by atoms with Crippen molar-refractivity contribution in [3.8, 4) is 0 Å². The molecule has 7 nitrogen and oxygen atoms in total. The fourth-order valence-corrected chi connectivity index (χ4v) is 3.93. The molecule has 2 heterocycles. The second kappa shape index (κ2) is 6.24. The van der Waals surface area contributed by atoms with Gasteiger partial charge in [-0.2, -0.15) is 0 Å². The Morgan fingerprint density at radius 1 is 1.42 bits per heavy atom. The molecule has 0 unspecified atom stereocenters. The molecule has 0 fully saturated rings. The average molecular weight is 301 g/mol. The molecule has 0 aliphatic heterocycles. The van der Waals surface area contributed by atoms with E-state index >= 15 is 0 Å². The predicted octanol–water partition coefficient (Wildman–Crippen LogP) is -0.181. The fourth-order valence-electron chi connectivity index (χ4n) is 1.50. The van der Waals surface area contributed by atoms with E-state index in [9.17, 15) is 8.42 Å². The van der Waals surface area contributed by atoms with Crippen molar-refractivity contribution in [1.29, 1.82) is 0 Å². The highest BCUT2D eigenvalue weighted by Gasteiger charge is 2.16. The number of hydrogen-bond acceptors (Lipinski definition) is 6. The largest absolute Gasteiger partial charge is 0.330 e. The van der Waals surface area contributed by atoms with Gasteiger partial charge in [0.05, 0.1) is 12.7 Å². The van der Waals surface area contributed by atoms with Crippen molar-refractivity contribution >= 4 is 21.4 Å². The van der Waals surface area contributed by atoms with E-state index in [1.54, 1.807) is 29.2 Å². The van der Waals surface area contributed by atoms with Gasteiger partial charge in [-0.25, -0.2) is 13.1 Å². The summed E-state index contributed by atoms with van der Waals surface area (Å²) in [5, 5.41) is 7.40. The van der Waals surface area contributed by atoms with Crippen LogP contribution in [0.2, 0.25) is 0 Å². The van der Waals surface area contributed by atoms with E-state index in [0.717, 1.165) is 4.88 Å². The SMILES string of the molecule is NCCc1ccc(S(=O)(=O)NCCn2ccnn2)s1. The second-order valence-corrected chi connectivity index (χ2v) is 6.99. The summed E-state index contributed by atoms with van der Waals surface area (Å²) >= 11 is 1.25. The minimum atomic E-state index is -3.44. The van der Waals surface area contributed by atoms with Gasteiger partial charge in [0, 0.05) is 17.6 Å². The lowest BCUT2D eigenvalue weighted by Gasteiger charge is -2.04. The van der Waals surface area contributed by atoms with E-state index < -0.39 is 10.0 Å². The van der Waals surface area contributed by atoms with E-state index in [0.29, 0.717) is 23.7 Å². The van der Waals surface area contributed by atoms with E-state index in [4.69, 9.17) is 5.73 Å². The van der Waals surface area contributed by atoms with Crippen molar-refractivity contribution in [3.05, 3.63) is 29.4 Å². The van der Waals surface area contributed by atoms with Crippen LogP contribution in [0.3, 0.4) is 0 Å². The van der Waals surface area contributed by atoms with Crippen LogP contribution >= 0.6 is 11.3 Å². The van der Waals surface area contributed by atoms with Gasteiger partial charge in [0.1, 0.15) is 4.21 Å². The Bertz CT molecular complexity index is 606. The molecule has 19 heavy (non-hydrogen) atoms. The Labute approximate surface area is 115 Å². The molecule has 0 aliphatic rings. The van der Waals surface area contributed by atoms with Crippen LogP contribution in [0.15, 0.2) is 28.7 Å². The van der Waals surface area contributed by atoms with Gasteiger partial charge in [0.15, 0.2) is 0 Å². The maximum Gasteiger partial charge on any atom is 0.250 e. The molecule has 0 bridgehead atoms. The van der Waals surface area contributed by atoms with Gasteiger partial charge in [0.25, 0.3) is 0 Å². The van der Waals surface area contributed by atoms with E-state index in [1.165, 1.54) is 11.3 Å². The summed E-state index contributed by atoms with van der Waals surface area (Å²) in [6, 6.07) is 3.40. The molecular formula is C10H15N5O2S2. The van der Waals surface area contributed by atoms with Gasteiger partial charge in [-0.3, -0.25) is 4.68 Å². The topological polar surface area (TPSA) is 103 Å². The zero-order valence-electron chi connectivity index (χ0n) is 10.2. The quantitative estimate of drug-likeness (QED) is 0.738. The number of hydrogen-bond donors (Lipinski definition) is 2. The summed E-state index contributed by atoms with van der Waals surface area (Å²) in [7, 11) is -3.44. The highest BCUT2D eigenvalue weighted by molar-refractivity contribution is 7.91. The van der Waals surface area contributed by atoms with Crippen molar-refractivity contribution in [2.45, 2.75) is 17.2 Å². The predicted molar refractivity (Wildman–Crippen MR) is 72.3 cm³/mol. The summed E-state index contributed by atoms with van der Waals surface area (Å²) < 4.78 is 28.4. The number of sulfonamides is 1. The minimum Gasteiger partial charge on any atom is -0.330 e. The Morgan fingerprint density at radius 2 is 2.26 bits per heavy atom. The van der Waals surface area contributed by atoms with Gasteiger partial charge < -0.3 is 5.73 Å². The molecule has 0 saturated heterocycles. The second-order valence-electron chi connectivity index (χ2n) is 3.82. The third kappa shape index (κ3) is 3.83. The molecule has 0 aromatic carbocycles. The van der Waals surface area contributed by atoms with Crippen molar-refractivity contribution in [2.75, 3.05) is 13.1 Å². The standard InChI is InChI=1S/C10H15N5O2S2/c11-4-3-9-1-2-10(18-9)19(16,17)13-6-8-15-7-5-12-14-15/h1-2,5,7,13H,3-4,6,8,11H2. The highest BCUT2D eigenvalue weighted by atomic mass is 32.2. The molecule has 0 spiro atoms. The molecule has 0 atom stereocenters. The van der Waals surface area contributed by atoms with Crippen LogP contribution < -0.4 is 10.5 Å². The summed E-state index contributed by atoms with van der Waals surface area (Å²) in [4.78, 5) is 0.971. The lowest BCUT2D eigenvalue weighted by atomic mass is 10.3. The van der Waals surface area contributed by atoms with Crippen LogP contribution in [0.25, 0.3) is 0 Å². The Morgan fingerprint density at radius 3 is 2.95 bits per heavy atom. The molecule has 0 radical (unpaired) electrons. The third-order valence-electron chi connectivity index (χ3n) is 2.40. The van der Waals surface area contributed by atoms with E-state index in [-0.39, 0.29) is 6.54 Å². The van der Waals surface area contributed by atoms with Crippen LogP contribution in [0, 0.1) is 0 Å². The molecule has 3 N–H and O–H groups in total. The van der Waals surface area contributed by atoms with Crippen LogP contribution in [0.1, 0.15) is 4.88 Å². The normalized spacial score (nSPS) is 11.8. The maximum atomic E-state index is 12.0. The van der Waals surface area contributed by atoms with Gasteiger partial charge in [-0.1, -0.05) is 5.21 Å². The Kier molecular flexibility index (Phi) is 4.64. The summed E-state index contributed by atoms with van der Waals surface area (Å²) in [5.41, 5.74) is 5.44. The first-order valence-electron chi connectivity index (χ1n) is 5.74.